The number of benzene rings is 2. The molecule has 2 aromatic carbocycles. The lowest BCUT2D eigenvalue weighted by molar-refractivity contribution is -0.138. The number of amides is 2. The van der Waals surface area contributed by atoms with Crippen LogP contribution in [0.4, 0.5) is 0 Å². The van der Waals surface area contributed by atoms with Crippen molar-refractivity contribution in [2.75, 3.05) is 13.6 Å². The van der Waals surface area contributed by atoms with Crippen molar-refractivity contribution in [1.82, 2.24) is 9.80 Å². The summed E-state index contributed by atoms with van der Waals surface area (Å²) in [5.74, 6) is 1.72. The molecule has 0 fully saturated rings. The largest absolute Gasteiger partial charge is 0.481 e. The summed E-state index contributed by atoms with van der Waals surface area (Å²) in [4.78, 5) is 30.0. The van der Waals surface area contributed by atoms with Crippen LogP contribution in [-0.2, 0) is 22.6 Å². The van der Waals surface area contributed by atoms with E-state index in [9.17, 15) is 9.59 Å². The summed E-state index contributed by atoms with van der Waals surface area (Å²) in [6, 6.07) is 19.7. The highest BCUT2D eigenvalue weighted by Crippen LogP contribution is 2.38. The molecule has 1 aromatic heterocycles. The molecule has 0 radical (unpaired) electrons. The summed E-state index contributed by atoms with van der Waals surface area (Å²) >= 11 is 0. The van der Waals surface area contributed by atoms with Crippen LogP contribution in [0.3, 0.4) is 0 Å². The van der Waals surface area contributed by atoms with E-state index in [-0.39, 0.29) is 17.9 Å². The van der Waals surface area contributed by atoms with E-state index in [1.807, 2.05) is 54.3 Å². The molecule has 0 aliphatic carbocycles. The maximum Gasteiger partial charge on any atom is 0.263 e. The topological polar surface area (TPSA) is 63.0 Å². The fraction of sp³-hybridized carbons (Fsp3) is 0.400. The van der Waals surface area contributed by atoms with Crippen LogP contribution in [0.1, 0.15) is 62.1 Å². The lowest BCUT2D eigenvalue weighted by atomic mass is 9.87. The number of rotatable bonds is 9. The smallest absolute Gasteiger partial charge is 0.263 e. The van der Waals surface area contributed by atoms with Gasteiger partial charge in [-0.05, 0) is 59.7 Å². The molecule has 3 aromatic rings. The standard InChI is InChI=1S/C30H36N2O4/c1-5-27(30(34)31(4)20-25-12-9-17-35-25)36-24-14-13-22-15-16-32(28(33)18-21(2)3)29(26(22)19-24)23-10-7-6-8-11-23/h6-14,17,19,21,27,29H,5,15-16,18,20H2,1-4H3. The van der Waals surface area contributed by atoms with Crippen LogP contribution >= 0.6 is 0 Å². The zero-order valence-electron chi connectivity index (χ0n) is 21.6. The summed E-state index contributed by atoms with van der Waals surface area (Å²) in [7, 11) is 1.76. The Hall–Kier alpha value is -3.54. The second kappa shape index (κ2) is 11.5. The third-order valence-corrected chi connectivity index (χ3v) is 6.64. The van der Waals surface area contributed by atoms with Gasteiger partial charge in [0.05, 0.1) is 18.8 Å². The lowest BCUT2D eigenvalue weighted by Crippen LogP contribution is -2.41. The molecular weight excluding hydrogens is 452 g/mol. The Morgan fingerprint density at radius 1 is 1.11 bits per heavy atom. The molecule has 2 unspecified atom stereocenters. The molecular formula is C30H36N2O4. The third kappa shape index (κ3) is 5.81. The SMILES string of the molecule is CCC(Oc1ccc2c(c1)C(c1ccccc1)N(C(=O)CC(C)C)CC2)C(=O)N(C)Cc1ccco1. The minimum absolute atomic E-state index is 0.0973. The highest BCUT2D eigenvalue weighted by molar-refractivity contribution is 5.81. The number of carbonyl (C=O) groups is 2. The highest BCUT2D eigenvalue weighted by Gasteiger charge is 2.33. The first-order chi connectivity index (χ1) is 17.4. The molecule has 2 atom stereocenters. The van der Waals surface area contributed by atoms with Gasteiger partial charge in [0.15, 0.2) is 6.10 Å². The van der Waals surface area contributed by atoms with Crippen molar-refractivity contribution in [3.63, 3.8) is 0 Å². The number of hydrogen-bond donors (Lipinski definition) is 0. The zero-order valence-corrected chi connectivity index (χ0v) is 21.6. The summed E-state index contributed by atoms with van der Waals surface area (Å²) in [5.41, 5.74) is 3.35. The first-order valence-electron chi connectivity index (χ1n) is 12.8. The molecule has 6 nitrogen and oxygen atoms in total. The van der Waals surface area contributed by atoms with E-state index >= 15 is 0 Å². The number of ether oxygens (including phenoxy) is 1. The van der Waals surface area contributed by atoms with Crippen molar-refractivity contribution in [3.05, 3.63) is 89.4 Å². The monoisotopic (exact) mass is 488 g/mol. The van der Waals surface area contributed by atoms with Gasteiger partial charge < -0.3 is 19.0 Å². The van der Waals surface area contributed by atoms with E-state index < -0.39 is 6.10 Å². The fourth-order valence-corrected chi connectivity index (χ4v) is 4.83. The second-order valence-electron chi connectivity index (χ2n) is 9.90. The molecule has 190 valence electrons. The Balaban J connectivity index is 1.60. The maximum absolute atomic E-state index is 13.2. The van der Waals surface area contributed by atoms with Crippen LogP contribution in [-0.4, -0.2) is 41.3 Å². The van der Waals surface area contributed by atoms with E-state index in [4.69, 9.17) is 9.15 Å². The third-order valence-electron chi connectivity index (χ3n) is 6.64. The van der Waals surface area contributed by atoms with Gasteiger partial charge in [0.25, 0.3) is 5.91 Å². The zero-order chi connectivity index (χ0) is 25.7. The predicted molar refractivity (Wildman–Crippen MR) is 139 cm³/mol. The molecule has 0 saturated heterocycles. The molecule has 2 heterocycles. The van der Waals surface area contributed by atoms with E-state index in [1.165, 1.54) is 5.56 Å². The number of fused-ring (bicyclic) bond motifs is 1. The molecule has 4 rings (SSSR count). The lowest BCUT2D eigenvalue weighted by Gasteiger charge is -2.38. The normalized spacial score (nSPS) is 15.9. The molecule has 0 N–H and O–H groups in total. The molecule has 0 spiro atoms. The van der Waals surface area contributed by atoms with Crippen molar-refractivity contribution in [2.24, 2.45) is 5.92 Å². The van der Waals surface area contributed by atoms with Gasteiger partial charge in [-0.1, -0.05) is 57.2 Å². The average molecular weight is 489 g/mol. The molecule has 1 aliphatic rings. The van der Waals surface area contributed by atoms with Crippen LogP contribution in [0, 0.1) is 5.92 Å². The van der Waals surface area contributed by atoms with Crippen molar-refractivity contribution in [3.8, 4) is 5.75 Å². The van der Waals surface area contributed by atoms with E-state index in [0.717, 1.165) is 23.3 Å². The molecule has 36 heavy (non-hydrogen) atoms. The van der Waals surface area contributed by atoms with Crippen molar-refractivity contribution in [1.29, 1.82) is 0 Å². The van der Waals surface area contributed by atoms with Crippen molar-refractivity contribution < 1.29 is 18.7 Å². The summed E-state index contributed by atoms with van der Waals surface area (Å²) in [6.07, 6.45) is 2.85. The predicted octanol–water partition coefficient (Wildman–Crippen LogP) is 5.62. The quantitative estimate of drug-likeness (QED) is 0.392. The van der Waals surface area contributed by atoms with Gasteiger partial charge in [0.1, 0.15) is 11.5 Å². The van der Waals surface area contributed by atoms with E-state index in [2.05, 4.69) is 32.0 Å². The van der Waals surface area contributed by atoms with Gasteiger partial charge in [-0.15, -0.1) is 0 Å². The van der Waals surface area contributed by atoms with Gasteiger partial charge in [-0.2, -0.15) is 0 Å². The molecule has 0 bridgehead atoms. The number of nitrogens with zero attached hydrogens (tertiary/aromatic N) is 2. The fourth-order valence-electron chi connectivity index (χ4n) is 4.83. The minimum Gasteiger partial charge on any atom is -0.481 e. The van der Waals surface area contributed by atoms with Crippen molar-refractivity contribution >= 4 is 11.8 Å². The molecule has 0 saturated carbocycles. The Kier molecular flexibility index (Phi) is 8.14. The van der Waals surface area contributed by atoms with Crippen LogP contribution in [0.15, 0.2) is 71.3 Å². The number of furan rings is 1. The van der Waals surface area contributed by atoms with Gasteiger partial charge in [0.2, 0.25) is 5.91 Å². The second-order valence-corrected chi connectivity index (χ2v) is 9.90. The number of likely N-dealkylation sites (N-methyl/N-ethyl adjacent to an activating group) is 1. The average Bonchev–Trinajstić information content (AvgIpc) is 3.39. The number of carbonyl (C=O) groups excluding carboxylic acids is 2. The highest BCUT2D eigenvalue weighted by atomic mass is 16.5. The molecule has 1 aliphatic heterocycles. The van der Waals surface area contributed by atoms with Crippen molar-refractivity contribution in [2.45, 2.75) is 58.7 Å². The van der Waals surface area contributed by atoms with Crippen LogP contribution < -0.4 is 4.74 Å². The first-order valence-corrected chi connectivity index (χ1v) is 12.8. The van der Waals surface area contributed by atoms with E-state index in [1.54, 1.807) is 18.2 Å². The molecule has 2 amide bonds. The summed E-state index contributed by atoms with van der Waals surface area (Å²) in [5, 5.41) is 0. The Morgan fingerprint density at radius 3 is 2.56 bits per heavy atom. The summed E-state index contributed by atoms with van der Waals surface area (Å²) in [6.45, 7) is 7.17. The summed E-state index contributed by atoms with van der Waals surface area (Å²) < 4.78 is 11.6. The van der Waals surface area contributed by atoms with Crippen LogP contribution in [0.2, 0.25) is 0 Å². The Bertz CT molecular complexity index is 1160. The van der Waals surface area contributed by atoms with Gasteiger partial charge >= 0.3 is 0 Å². The molecule has 6 heteroatoms. The van der Waals surface area contributed by atoms with Crippen LogP contribution in [0.25, 0.3) is 0 Å². The maximum atomic E-state index is 13.2. The number of hydrogen-bond acceptors (Lipinski definition) is 4. The Morgan fingerprint density at radius 2 is 1.89 bits per heavy atom. The minimum atomic E-state index is -0.611. The first kappa shape index (κ1) is 25.5. The van der Waals surface area contributed by atoms with Gasteiger partial charge in [0, 0.05) is 20.0 Å². The van der Waals surface area contributed by atoms with Crippen LogP contribution in [0.5, 0.6) is 5.75 Å². The Labute approximate surface area is 213 Å². The van der Waals surface area contributed by atoms with Gasteiger partial charge in [-0.25, -0.2) is 0 Å². The van der Waals surface area contributed by atoms with E-state index in [0.29, 0.717) is 37.6 Å². The van der Waals surface area contributed by atoms with Gasteiger partial charge in [-0.3, -0.25) is 9.59 Å².